The molecule has 0 saturated carbocycles. The number of hydrogen-bond donors (Lipinski definition) is 2. The molecular weight excluding hydrogens is 434 g/mol. The number of benzene rings is 2. The molecule has 2 aromatic carbocycles. The second kappa shape index (κ2) is 7.93. The molecule has 6 heteroatoms. The predicted molar refractivity (Wildman–Crippen MR) is 137 cm³/mol. The zero-order chi connectivity index (χ0) is 24.3. The second-order valence-electron chi connectivity index (χ2n) is 10.3. The zero-order valence-corrected chi connectivity index (χ0v) is 20.4. The summed E-state index contributed by atoms with van der Waals surface area (Å²) in [5, 5.41) is 18.4. The fraction of sp³-hybridized carbons (Fsp3) is 0.345. The number of rotatable bonds is 3. The quantitative estimate of drug-likeness (QED) is 0.434. The van der Waals surface area contributed by atoms with Gasteiger partial charge in [-0.2, -0.15) is 10.4 Å². The molecule has 0 radical (unpaired) electrons. The van der Waals surface area contributed by atoms with E-state index in [0.29, 0.717) is 11.6 Å². The van der Waals surface area contributed by atoms with Crippen molar-refractivity contribution in [1.82, 2.24) is 20.1 Å². The number of nitrogens with one attached hydrogen (secondary N) is 2. The zero-order valence-electron chi connectivity index (χ0n) is 20.4. The molecule has 176 valence electrons. The third-order valence-corrected chi connectivity index (χ3v) is 7.92. The van der Waals surface area contributed by atoms with Crippen LogP contribution >= 0.6 is 0 Å². The number of piperidine rings is 1. The Kier molecular flexibility index (Phi) is 4.94. The van der Waals surface area contributed by atoms with E-state index in [2.05, 4.69) is 60.2 Å². The minimum absolute atomic E-state index is 0.0527. The molecule has 2 N–H and O–H groups in total. The van der Waals surface area contributed by atoms with Gasteiger partial charge in [0.15, 0.2) is 5.78 Å². The smallest absolute Gasteiger partial charge is 0.195 e. The standard InChI is InChI=1S/C29H29N5O/c1-4-18-12-23-24(13-22(18)19-15-32-34(16-19)20-7-9-31-10-8-20)29(2,3)28-26(27(23)35)21-6-5-17(14-30)11-25(21)33-28/h5-6,11-13,15-16,20,31,33H,4,7-10H2,1-3H3. The van der Waals surface area contributed by atoms with Gasteiger partial charge in [0.2, 0.25) is 0 Å². The maximum absolute atomic E-state index is 13.8. The lowest BCUT2D eigenvalue weighted by atomic mass is 9.70. The topological polar surface area (TPSA) is 86.5 Å². The van der Waals surface area contributed by atoms with Gasteiger partial charge in [-0.1, -0.05) is 26.8 Å². The number of fused-ring (bicyclic) bond motifs is 4. The van der Waals surface area contributed by atoms with E-state index in [4.69, 9.17) is 5.10 Å². The van der Waals surface area contributed by atoms with Gasteiger partial charge in [0.1, 0.15) is 0 Å². The number of ketones is 1. The number of nitrogens with zero attached hydrogens (tertiary/aromatic N) is 3. The first-order chi connectivity index (χ1) is 16.9. The van der Waals surface area contributed by atoms with Gasteiger partial charge in [-0.3, -0.25) is 9.48 Å². The number of aromatic nitrogens is 3. The van der Waals surface area contributed by atoms with Gasteiger partial charge < -0.3 is 10.3 Å². The first-order valence-corrected chi connectivity index (χ1v) is 12.5. The normalized spacial score (nSPS) is 17.3. The van der Waals surface area contributed by atoms with Gasteiger partial charge in [-0.25, -0.2) is 0 Å². The average molecular weight is 464 g/mol. The molecule has 0 bridgehead atoms. The van der Waals surface area contributed by atoms with Crippen molar-refractivity contribution in [3.05, 3.63) is 76.2 Å². The van der Waals surface area contributed by atoms with Crippen LogP contribution in [0.25, 0.3) is 22.0 Å². The van der Waals surface area contributed by atoms with Crippen molar-refractivity contribution in [1.29, 1.82) is 5.26 Å². The van der Waals surface area contributed by atoms with Crippen molar-refractivity contribution < 1.29 is 4.79 Å². The van der Waals surface area contributed by atoms with E-state index in [1.807, 2.05) is 18.3 Å². The summed E-state index contributed by atoms with van der Waals surface area (Å²) in [6, 6.07) is 12.5. The summed E-state index contributed by atoms with van der Waals surface area (Å²) in [6.45, 7) is 8.54. The maximum Gasteiger partial charge on any atom is 0.195 e. The van der Waals surface area contributed by atoms with Crippen LogP contribution in [0.15, 0.2) is 42.7 Å². The Morgan fingerprint density at radius 3 is 2.71 bits per heavy atom. The molecule has 2 aromatic heterocycles. The van der Waals surface area contributed by atoms with Crippen LogP contribution in [-0.2, 0) is 11.8 Å². The molecule has 6 nitrogen and oxygen atoms in total. The Bertz CT molecular complexity index is 1520. The van der Waals surface area contributed by atoms with Gasteiger partial charge in [0, 0.05) is 39.3 Å². The Morgan fingerprint density at radius 1 is 1.17 bits per heavy atom. The Labute approximate surface area is 205 Å². The summed E-state index contributed by atoms with van der Waals surface area (Å²) in [5.74, 6) is 0.0527. The Hall–Kier alpha value is -3.69. The van der Waals surface area contributed by atoms with Crippen LogP contribution in [0.1, 0.15) is 78.0 Å². The molecule has 1 aliphatic carbocycles. The summed E-state index contributed by atoms with van der Waals surface area (Å²) in [5.41, 5.74) is 7.90. The van der Waals surface area contributed by atoms with Crippen molar-refractivity contribution >= 4 is 16.7 Å². The molecule has 4 aromatic rings. The predicted octanol–water partition coefficient (Wildman–Crippen LogP) is 5.26. The number of nitriles is 1. The van der Waals surface area contributed by atoms with E-state index in [9.17, 15) is 10.1 Å². The van der Waals surface area contributed by atoms with Crippen LogP contribution in [0.3, 0.4) is 0 Å². The average Bonchev–Trinajstić information content (AvgIpc) is 3.53. The first kappa shape index (κ1) is 21.8. The third kappa shape index (κ3) is 3.26. The molecular formula is C29H29N5O. The largest absolute Gasteiger partial charge is 0.357 e. The van der Waals surface area contributed by atoms with E-state index < -0.39 is 5.41 Å². The first-order valence-electron chi connectivity index (χ1n) is 12.5. The monoisotopic (exact) mass is 463 g/mol. The van der Waals surface area contributed by atoms with Gasteiger partial charge in [0.25, 0.3) is 0 Å². The lowest BCUT2D eigenvalue weighted by Gasteiger charge is -2.33. The number of carbonyl (C=O) groups excluding carboxylic acids is 1. The summed E-state index contributed by atoms with van der Waals surface area (Å²) >= 11 is 0. The van der Waals surface area contributed by atoms with Crippen molar-refractivity contribution in [2.75, 3.05) is 13.1 Å². The van der Waals surface area contributed by atoms with E-state index in [-0.39, 0.29) is 5.78 Å². The molecule has 0 unspecified atom stereocenters. The SMILES string of the molecule is CCc1cc2c(cc1-c1cnn(C3CCNCC3)c1)C(C)(C)c1[nH]c3cc(C#N)ccc3c1C2=O. The van der Waals surface area contributed by atoms with Gasteiger partial charge in [-0.15, -0.1) is 0 Å². The van der Waals surface area contributed by atoms with E-state index in [0.717, 1.165) is 82.3 Å². The minimum atomic E-state index is -0.392. The molecule has 1 saturated heterocycles. The third-order valence-electron chi connectivity index (χ3n) is 7.92. The highest BCUT2D eigenvalue weighted by atomic mass is 16.1. The number of carbonyl (C=O) groups is 1. The van der Waals surface area contributed by atoms with E-state index >= 15 is 0 Å². The highest BCUT2D eigenvalue weighted by Gasteiger charge is 2.40. The summed E-state index contributed by atoms with van der Waals surface area (Å²) in [6.07, 6.45) is 7.15. The number of aryl methyl sites for hydroxylation is 1. The van der Waals surface area contributed by atoms with Crippen LogP contribution < -0.4 is 5.32 Å². The molecule has 0 spiro atoms. The molecule has 1 fully saturated rings. The molecule has 2 aliphatic rings. The molecule has 6 rings (SSSR count). The minimum Gasteiger partial charge on any atom is -0.357 e. The molecule has 0 amide bonds. The Morgan fingerprint density at radius 2 is 1.97 bits per heavy atom. The van der Waals surface area contributed by atoms with Crippen molar-refractivity contribution in [2.24, 2.45) is 0 Å². The van der Waals surface area contributed by atoms with Crippen LogP contribution in [-0.4, -0.2) is 33.6 Å². The van der Waals surface area contributed by atoms with Crippen LogP contribution in [0.2, 0.25) is 0 Å². The van der Waals surface area contributed by atoms with Crippen LogP contribution in [0, 0.1) is 11.3 Å². The number of hydrogen-bond acceptors (Lipinski definition) is 4. The molecule has 1 aliphatic heterocycles. The lowest BCUT2D eigenvalue weighted by Crippen LogP contribution is -2.30. The van der Waals surface area contributed by atoms with Gasteiger partial charge >= 0.3 is 0 Å². The highest BCUT2D eigenvalue weighted by molar-refractivity contribution is 6.20. The van der Waals surface area contributed by atoms with E-state index in [1.54, 1.807) is 6.07 Å². The van der Waals surface area contributed by atoms with Crippen LogP contribution in [0.4, 0.5) is 0 Å². The van der Waals surface area contributed by atoms with Crippen molar-refractivity contribution in [3.63, 3.8) is 0 Å². The lowest BCUT2D eigenvalue weighted by molar-refractivity contribution is 0.103. The van der Waals surface area contributed by atoms with E-state index in [1.165, 1.54) is 0 Å². The molecule has 35 heavy (non-hydrogen) atoms. The highest BCUT2D eigenvalue weighted by Crippen LogP contribution is 2.45. The summed E-state index contributed by atoms with van der Waals surface area (Å²) < 4.78 is 2.12. The second-order valence-corrected chi connectivity index (χ2v) is 10.3. The number of H-pyrrole nitrogens is 1. The van der Waals surface area contributed by atoms with Crippen molar-refractivity contribution in [2.45, 2.75) is 51.5 Å². The Balaban J connectivity index is 1.50. The maximum atomic E-state index is 13.8. The van der Waals surface area contributed by atoms with Gasteiger partial charge in [0.05, 0.1) is 29.4 Å². The van der Waals surface area contributed by atoms with Gasteiger partial charge in [-0.05, 0) is 73.3 Å². The fourth-order valence-corrected chi connectivity index (χ4v) is 5.90. The summed E-state index contributed by atoms with van der Waals surface area (Å²) in [4.78, 5) is 17.3. The molecule has 3 heterocycles. The fourth-order valence-electron chi connectivity index (χ4n) is 5.90. The van der Waals surface area contributed by atoms with Crippen LogP contribution in [0.5, 0.6) is 0 Å². The summed E-state index contributed by atoms with van der Waals surface area (Å²) in [7, 11) is 0. The van der Waals surface area contributed by atoms with Crippen molar-refractivity contribution in [3.8, 4) is 17.2 Å². The number of aromatic amines is 1. The molecule has 0 atom stereocenters.